The fourth-order valence-electron chi connectivity index (χ4n) is 13.8. The molecule has 92 heavy (non-hydrogen) atoms. The summed E-state index contributed by atoms with van der Waals surface area (Å²) in [5.74, 6) is -10.1. The number of ether oxygens (including phenoxy) is 10. The van der Waals surface area contributed by atoms with Crippen molar-refractivity contribution < 1.29 is 116 Å². The lowest BCUT2D eigenvalue weighted by atomic mass is 9.75. The number of hydrogen-bond acceptors (Lipinski definition) is 24. The van der Waals surface area contributed by atoms with Crippen molar-refractivity contribution in [3.8, 4) is 0 Å². The molecule has 0 aromatic carbocycles. The SMILES string of the molecule is C/C=C(/C)C(=O)O[C@H]1C(C)=C2[C@H]([C@@H]1OC(=O)CCCCCCC)[C@@](C)(OC(C)=O)C[C@H](OC(=O)CCC)[C@@]1(O)[C@H]2OC(=O)[C@@]1(C)O.C/C=C(/C)C(=O)O[C@H]1C(C)=C2[C@H]([C@@H]1OC(=O)CCCCCCC)[C@@](C)(OC(C)=O)C[C@H](OC(=O)CCC)[C@@]1(O)[C@H]2OC(=O)[C@@]1(C)O. The third-order valence-electron chi connectivity index (χ3n) is 19.0. The van der Waals surface area contributed by atoms with Gasteiger partial charge in [-0.3, -0.25) is 28.8 Å². The Hall–Kier alpha value is -6.50. The first kappa shape index (κ1) is 76.2. The van der Waals surface area contributed by atoms with Gasteiger partial charge in [0, 0.05) is 63.5 Å². The summed E-state index contributed by atoms with van der Waals surface area (Å²) in [7, 11) is 0. The highest BCUT2D eigenvalue weighted by Crippen LogP contribution is 2.60. The van der Waals surface area contributed by atoms with Crippen molar-refractivity contribution in [2.75, 3.05) is 0 Å². The van der Waals surface area contributed by atoms with Crippen molar-refractivity contribution in [1.82, 2.24) is 0 Å². The molecule has 4 N–H and O–H groups in total. The van der Waals surface area contributed by atoms with E-state index in [0.29, 0.717) is 25.7 Å². The summed E-state index contributed by atoms with van der Waals surface area (Å²) in [4.78, 5) is 130. The fourth-order valence-corrected chi connectivity index (χ4v) is 13.8. The summed E-state index contributed by atoms with van der Waals surface area (Å²) in [6, 6.07) is 0. The van der Waals surface area contributed by atoms with Gasteiger partial charge < -0.3 is 67.8 Å². The predicted molar refractivity (Wildman–Crippen MR) is 328 cm³/mol. The van der Waals surface area contributed by atoms with Crippen molar-refractivity contribution in [3.05, 3.63) is 45.6 Å². The van der Waals surface area contributed by atoms with E-state index in [-0.39, 0.29) is 59.1 Å². The third kappa shape index (κ3) is 15.5. The molecule has 0 aromatic rings. The van der Waals surface area contributed by atoms with Gasteiger partial charge in [-0.2, -0.15) is 0 Å². The number of aliphatic hydroxyl groups is 4. The Kier molecular flexibility index (Phi) is 25.8. The van der Waals surface area contributed by atoms with E-state index < -0.39 is 167 Å². The Morgan fingerprint density at radius 1 is 0.467 bits per heavy atom. The molecule has 516 valence electrons. The Morgan fingerprint density at radius 3 is 1.08 bits per heavy atom. The first-order valence-electron chi connectivity index (χ1n) is 32.6. The van der Waals surface area contributed by atoms with E-state index in [1.807, 2.05) is 0 Å². The molecular formula is C68H100O24. The second-order valence-corrected chi connectivity index (χ2v) is 26.1. The van der Waals surface area contributed by atoms with Crippen LogP contribution in [-0.4, -0.2) is 163 Å². The molecule has 2 aliphatic heterocycles. The molecular weight excluding hydrogens is 1200 g/mol. The molecule has 0 amide bonds. The minimum atomic E-state index is -2.57. The van der Waals surface area contributed by atoms with Crippen LogP contribution in [0.5, 0.6) is 0 Å². The molecule has 6 rings (SSSR count). The minimum Gasteiger partial charge on any atom is -0.459 e. The summed E-state index contributed by atoms with van der Waals surface area (Å²) in [5, 5.41) is 47.7. The van der Waals surface area contributed by atoms with Crippen LogP contribution in [0.15, 0.2) is 45.6 Å². The number of carbonyl (C=O) groups excluding carboxylic acids is 10. The molecule has 0 spiro atoms. The van der Waals surface area contributed by atoms with Gasteiger partial charge in [-0.25, -0.2) is 19.2 Å². The molecule has 2 heterocycles. The highest BCUT2D eigenvalue weighted by molar-refractivity contribution is 5.89. The average molecular weight is 1300 g/mol. The molecule has 24 nitrogen and oxygen atoms in total. The molecule has 2 saturated carbocycles. The Balaban J connectivity index is 0.000000334. The van der Waals surface area contributed by atoms with Gasteiger partial charge in [-0.15, -0.1) is 0 Å². The summed E-state index contributed by atoms with van der Waals surface area (Å²) < 4.78 is 58.6. The minimum absolute atomic E-state index is 0.0234. The summed E-state index contributed by atoms with van der Waals surface area (Å²) >= 11 is 0. The van der Waals surface area contributed by atoms with Crippen LogP contribution < -0.4 is 0 Å². The van der Waals surface area contributed by atoms with Gasteiger partial charge >= 0.3 is 59.7 Å². The molecule has 4 aliphatic carbocycles. The highest BCUT2D eigenvalue weighted by atomic mass is 16.6. The molecule has 6 aliphatic rings. The van der Waals surface area contributed by atoms with Gasteiger partial charge in [-0.05, 0) is 117 Å². The lowest BCUT2D eigenvalue weighted by Gasteiger charge is -2.41. The zero-order valence-electron chi connectivity index (χ0n) is 56.6. The Labute approximate surface area is 539 Å². The van der Waals surface area contributed by atoms with Crippen molar-refractivity contribution in [2.24, 2.45) is 11.8 Å². The van der Waals surface area contributed by atoms with E-state index >= 15 is 0 Å². The van der Waals surface area contributed by atoms with Crippen LogP contribution in [0.2, 0.25) is 0 Å². The Morgan fingerprint density at radius 2 is 0.783 bits per heavy atom. The predicted octanol–water partition coefficient (Wildman–Crippen LogP) is 7.86. The van der Waals surface area contributed by atoms with Crippen LogP contribution in [0.3, 0.4) is 0 Å². The van der Waals surface area contributed by atoms with E-state index in [1.54, 1.807) is 67.5 Å². The quantitative estimate of drug-likeness (QED) is 0.0210. The summed E-state index contributed by atoms with van der Waals surface area (Å²) in [6.45, 7) is 24.8. The zero-order chi connectivity index (χ0) is 69.2. The molecule has 0 radical (unpaired) electrons. The Bertz CT molecular complexity index is 2720. The van der Waals surface area contributed by atoms with Crippen LogP contribution in [0.1, 0.15) is 226 Å². The van der Waals surface area contributed by atoms with Crippen LogP contribution in [0, 0.1) is 11.8 Å². The standard InChI is InChI=1S/2C34H50O12/c2*1-9-12-13-14-15-17-24(37)43-28-26-25(20(5)27(28)44-30(38)19(4)11-3)29-34(41,33(8,40)31(39)45-29)22(42-23(36)16-10-2)18-32(26,7)46-21(6)35/h2*11,22,26-29,40-41H,9-10,12-18H2,1-8H3/b2*19-11-/t2*22-,26+,27-,28-,29-,32-,33+,34+/m00/s1. The van der Waals surface area contributed by atoms with Gasteiger partial charge in [0.05, 0.1) is 11.8 Å². The van der Waals surface area contributed by atoms with Crippen LogP contribution in [0.4, 0.5) is 0 Å². The number of hydrogen-bond donors (Lipinski definition) is 4. The van der Waals surface area contributed by atoms with E-state index in [4.69, 9.17) is 47.4 Å². The maximum atomic E-state index is 13.3. The number of unbranched alkanes of at least 4 members (excludes halogenated alkanes) is 8. The lowest BCUT2D eigenvalue weighted by Crippen LogP contribution is -2.64. The van der Waals surface area contributed by atoms with E-state index in [0.717, 1.165) is 65.2 Å². The summed E-state index contributed by atoms with van der Waals surface area (Å²) in [5.41, 5.74) is -12.2. The van der Waals surface area contributed by atoms with Crippen molar-refractivity contribution in [3.63, 3.8) is 0 Å². The van der Waals surface area contributed by atoms with Crippen LogP contribution in [-0.2, 0) is 95.3 Å². The van der Waals surface area contributed by atoms with Crippen LogP contribution >= 0.6 is 0 Å². The lowest BCUT2D eigenvalue weighted by molar-refractivity contribution is -0.212. The van der Waals surface area contributed by atoms with Crippen LogP contribution in [0.25, 0.3) is 0 Å². The fraction of sp³-hybridized carbons (Fsp3) is 0.735. The number of rotatable bonds is 26. The van der Waals surface area contributed by atoms with E-state index in [2.05, 4.69) is 13.8 Å². The second kappa shape index (κ2) is 31.2. The second-order valence-electron chi connectivity index (χ2n) is 26.1. The maximum Gasteiger partial charge on any atom is 0.341 e. The molecule has 0 aromatic heterocycles. The van der Waals surface area contributed by atoms with Gasteiger partial charge in [-0.1, -0.05) is 91.2 Å². The number of carbonyl (C=O) groups is 10. The monoisotopic (exact) mass is 1300 g/mol. The van der Waals surface area contributed by atoms with Crippen molar-refractivity contribution >= 4 is 59.7 Å². The first-order valence-corrected chi connectivity index (χ1v) is 32.6. The largest absolute Gasteiger partial charge is 0.459 e. The van der Waals surface area contributed by atoms with Gasteiger partial charge in [0.2, 0.25) is 0 Å². The molecule has 0 unspecified atom stereocenters. The van der Waals surface area contributed by atoms with Gasteiger partial charge in [0.1, 0.15) is 23.4 Å². The highest BCUT2D eigenvalue weighted by Gasteiger charge is 2.78. The number of fused-ring (bicyclic) bond motifs is 6. The molecule has 4 fully saturated rings. The van der Waals surface area contributed by atoms with Crippen molar-refractivity contribution in [1.29, 1.82) is 0 Å². The molecule has 0 bridgehead atoms. The number of allylic oxidation sites excluding steroid dienone is 2. The molecule has 16 atom stereocenters. The zero-order valence-corrected chi connectivity index (χ0v) is 56.6. The van der Waals surface area contributed by atoms with Gasteiger partial charge in [0.25, 0.3) is 0 Å². The topological polar surface area (TPSA) is 344 Å². The van der Waals surface area contributed by atoms with Crippen molar-refractivity contribution in [2.45, 2.75) is 309 Å². The van der Waals surface area contributed by atoms with Gasteiger partial charge in [0.15, 0.2) is 59.0 Å². The average Bonchev–Trinajstić information content (AvgIpc) is 1.54. The van der Waals surface area contributed by atoms with E-state index in [9.17, 15) is 68.4 Å². The normalized spacial score (nSPS) is 33.8. The summed E-state index contributed by atoms with van der Waals surface area (Å²) in [6.07, 6.45) is 0.543. The molecule has 24 heteroatoms. The third-order valence-corrected chi connectivity index (χ3v) is 19.0. The number of esters is 10. The first-order chi connectivity index (χ1) is 43.0. The maximum absolute atomic E-state index is 13.3. The molecule has 2 saturated heterocycles. The smallest absolute Gasteiger partial charge is 0.341 e. The van der Waals surface area contributed by atoms with E-state index in [1.165, 1.54) is 27.7 Å².